The van der Waals surface area contributed by atoms with Crippen LogP contribution in [0.4, 0.5) is 24.8 Å². The Labute approximate surface area is 303 Å². The van der Waals surface area contributed by atoms with Crippen molar-refractivity contribution in [2.24, 2.45) is 11.8 Å². The third-order valence-electron chi connectivity index (χ3n) is 9.94. The molecule has 6 aromatic heterocycles. The van der Waals surface area contributed by atoms with Gasteiger partial charge in [-0.25, -0.2) is 24.7 Å². The number of aromatic amines is 2. The first-order valence-electron chi connectivity index (χ1n) is 17.4. The van der Waals surface area contributed by atoms with E-state index >= 15 is 0 Å². The van der Waals surface area contributed by atoms with Crippen LogP contribution in [0.1, 0.15) is 50.5 Å². The molecule has 54 heavy (non-hydrogen) atoms. The fraction of sp³-hybridized carbons (Fsp3) is 0.412. The maximum Gasteiger partial charge on any atom is 0.395 e. The quantitative estimate of drug-likeness (QED) is 0.203. The summed E-state index contributed by atoms with van der Waals surface area (Å²) in [6.07, 6.45) is 3.37. The number of carboxylic acid groups (broad SMARTS) is 1. The first-order chi connectivity index (χ1) is 26.0. The number of nitrogens with one attached hydrogen (secondary N) is 3. The lowest BCUT2D eigenvalue weighted by Crippen LogP contribution is -2.55. The molecule has 0 saturated carbocycles. The molecular formula is C34H35F3N12O5. The van der Waals surface area contributed by atoms with Gasteiger partial charge in [0.05, 0.1) is 29.8 Å². The topological polar surface area (TPSA) is 211 Å². The summed E-state index contributed by atoms with van der Waals surface area (Å²) in [5, 5.41) is 21.6. The molecule has 0 spiro atoms. The summed E-state index contributed by atoms with van der Waals surface area (Å²) in [4.78, 5) is 52.1. The number of rotatable bonds is 4. The summed E-state index contributed by atoms with van der Waals surface area (Å²) in [7, 11) is 0. The van der Waals surface area contributed by atoms with Crippen molar-refractivity contribution in [3.63, 3.8) is 0 Å². The predicted molar refractivity (Wildman–Crippen MR) is 185 cm³/mol. The van der Waals surface area contributed by atoms with Crippen LogP contribution in [0.2, 0.25) is 0 Å². The van der Waals surface area contributed by atoms with Gasteiger partial charge in [0.2, 0.25) is 0 Å². The molecule has 0 unspecified atom stereocenters. The van der Waals surface area contributed by atoms with Crippen molar-refractivity contribution in [2.75, 3.05) is 49.1 Å². The molecule has 17 nitrogen and oxygen atoms in total. The number of alkyl halides is 3. The Morgan fingerprint density at radius 2 is 1.31 bits per heavy atom. The van der Waals surface area contributed by atoms with Gasteiger partial charge in [0.15, 0.2) is 11.4 Å². The van der Waals surface area contributed by atoms with Crippen LogP contribution >= 0.6 is 0 Å². The molecule has 0 aromatic carbocycles. The summed E-state index contributed by atoms with van der Waals surface area (Å²) in [5.74, 6) is 0.614. The Morgan fingerprint density at radius 3 is 1.78 bits per heavy atom. The van der Waals surface area contributed by atoms with Crippen LogP contribution in [0.3, 0.4) is 0 Å². The van der Waals surface area contributed by atoms with Crippen molar-refractivity contribution in [2.45, 2.75) is 39.0 Å². The number of hydrogen-bond donors (Lipinski definition) is 4. The number of likely N-dealkylation sites (tertiary alicyclic amines) is 1. The first-order valence-corrected chi connectivity index (χ1v) is 17.4. The van der Waals surface area contributed by atoms with Gasteiger partial charge in [-0.15, -0.1) is 0 Å². The van der Waals surface area contributed by atoms with E-state index in [-0.39, 0.29) is 24.5 Å². The lowest BCUT2D eigenvalue weighted by Gasteiger charge is -2.39. The van der Waals surface area contributed by atoms with Gasteiger partial charge in [0, 0.05) is 62.5 Å². The van der Waals surface area contributed by atoms with Gasteiger partial charge in [-0.2, -0.15) is 13.2 Å². The molecule has 2 fully saturated rings. The average molecular weight is 749 g/mol. The molecular weight excluding hydrogens is 713 g/mol. The molecule has 4 aliphatic rings. The summed E-state index contributed by atoms with van der Waals surface area (Å²) >= 11 is 0. The molecule has 282 valence electrons. The van der Waals surface area contributed by atoms with Gasteiger partial charge in [-0.3, -0.25) is 4.79 Å². The summed E-state index contributed by atoms with van der Waals surface area (Å²) in [6, 6.07) is 3.78. The van der Waals surface area contributed by atoms with Crippen molar-refractivity contribution >= 4 is 45.6 Å². The molecule has 0 aliphatic carbocycles. The van der Waals surface area contributed by atoms with Gasteiger partial charge in [0.25, 0.3) is 5.91 Å². The molecule has 20 heteroatoms. The van der Waals surface area contributed by atoms with Crippen molar-refractivity contribution in [1.82, 2.24) is 50.4 Å². The molecule has 6 aromatic rings. The number of carboxylic acids is 1. The maximum absolute atomic E-state index is 12.7. The van der Waals surface area contributed by atoms with Gasteiger partial charge >= 0.3 is 12.1 Å². The Hall–Kier alpha value is -6.05. The van der Waals surface area contributed by atoms with E-state index in [4.69, 9.17) is 14.2 Å². The van der Waals surface area contributed by atoms with Gasteiger partial charge in [-0.1, -0.05) is 17.2 Å². The van der Waals surface area contributed by atoms with Gasteiger partial charge in [0.1, 0.15) is 47.1 Å². The summed E-state index contributed by atoms with van der Waals surface area (Å²) in [5.41, 5.74) is 2.75. The van der Waals surface area contributed by atoms with E-state index in [1.807, 2.05) is 21.9 Å². The van der Waals surface area contributed by atoms with Crippen LogP contribution in [0.5, 0.6) is 0 Å². The molecule has 1 amide bonds. The average Bonchev–Trinajstić information content (AvgIpc) is 3.94. The molecule has 0 radical (unpaired) electrons. The number of nitrogens with zero attached hydrogens (tertiary/aromatic N) is 9. The number of H-pyrrole nitrogens is 2. The first kappa shape index (κ1) is 35.0. The fourth-order valence-electron chi connectivity index (χ4n) is 6.77. The number of halogens is 3. The number of carbonyl (C=O) groups excluding carboxylic acids is 1. The van der Waals surface area contributed by atoms with Crippen molar-refractivity contribution < 1.29 is 36.9 Å². The second-order valence-electron chi connectivity index (χ2n) is 13.6. The zero-order valence-electron chi connectivity index (χ0n) is 28.9. The van der Waals surface area contributed by atoms with Gasteiger partial charge in [-0.05, 0) is 31.1 Å². The number of hydrogen-bond acceptors (Lipinski definition) is 13. The highest BCUT2D eigenvalue weighted by molar-refractivity contribution is 5.95. The lowest BCUT2D eigenvalue weighted by atomic mass is 9.98. The SMILES string of the molecule is CC1CNC1.O=C(O)c1noc2c1CN(c1ncnc3[nH]ccc13)CC2.O=C(c1noc2c1CN(c1ncnc3[nH]ccc13)CC2)N1CC(C(F)(F)F)C1. The molecule has 10 heterocycles. The Bertz CT molecular complexity index is 2310. The van der Waals surface area contributed by atoms with Gasteiger partial charge < -0.3 is 44.1 Å². The second kappa shape index (κ2) is 14.1. The highest BCUT2D eigenvalue weighted by atomic mass is 19.4. The maximum atomic E-state index is 12.7. The van der Waals surface area contributed by atoms with E-state index in [0.717, 1.165) is 38.9 Å². The van der Waals surface area contributed by atoms with E-state index in [2.05, 4.69) is 52.5 Å². The molecule has 4 N–H and O–H groups in total. The fourth-order valence-corrected chi connectivity index (χ4v) is 6.77. The number of aromatic nitrogens is 8. The number of carbonyl (C=O) groups is 2. The van der Waals surface area contributed by atoms with Crippen LogP contribution in [0.15, 0.2) is 46.2 Å². The van der Waals surface area contributed by atoms with Crippen molar-refractivity contribution in [3.05, 3.63) is 71.2 Å². The lowest BCUT2D eigenvalue weighted by molar-refractivity contribution is -0.202. The van der Waals surface area contributed by atoms with Crippen LogP contribution in [0, 0.1) is 11.8 Å². The minimum absolute atomic E-state index is 0.0194. The summed E-state index contributed by atoms with van der Waals surface area (Å²) < 4.78 is 48.5. The van der Waals surface area contributed by atoms with Crippen LogP contribution in [0.25, 0.3) is 22.1 Å². The minimum atomic E-state index is -4.29. The Morgan fingerprint density at radius 1 is 0.815 bits per heavy atom. The smallest absolute Gasteiger partial charge is 0.395 e. The standard InChI is InChI=1S/C17H15F3N6O2.C13H11N5O3.C4H9N/c18-17(19,20)9-5-26(6-9)16(27)13-11-7-25(4-2-12(11)28-24-13)15-10-1-3-21-14(10)22-8-23-15;19-13(20)10-8-5-18(4-2-9(8)21-17-10)12-7-1-3-14-11(7)15-6-16-12;1-4-2-5-3-4/h1,3,8-9H,2,4-7H2,(H,21,22,23);1,3,6H,2,4-5H2,(H,19,20)(H,14,15,16);4-5H,2-3H2,1H3. The molecule has 0 atom stereocenters. The normalized spacial score (nSPS) is 17.1. The monoisotopic (exact) mass is 748 g/mol. The molecule has 10 rings (SSSR count). The number of amides is 1. The summed E-state index contributed by atoms with van der Waals surface area (Å²) in [6.45, 7) is 6.10. The number of aromatic carboxylic acids is 1. The zero-order chi connectivity index (χ0) is 37.6. The number of fused-ring (bicyclic) bond motifs is 4. The predicted octanol–water partition coefficient (Wildman–Crippen LogP) is 3.58. The minimum Gasteiger partial charge on any atom is -0.476 e. The van der Waals surface area contributed by atoms with E-state index < -0.39 is 24.0 Å². The number of anilines is 2. The molecule has 2 saturated heterocycles. The van der Waals surface area contributed by atoms with Crippen molar-refractivity contribution in [1.29, 1.82) is 0 Å². The molecule has 0 bridgehead atoms. The largest absolute Gasteiger partial charge is 0.476 e. The Kier molecular flexibility index (Phi) is 9.12. The van der Waals surface area contributed by atoms with Crippen LogP contribution in [-0.2, 0) is 25.9 Å². The Balaban J connectivity index is 0.000000140. The third kappa shape index (κ3) is 6.67. The van der Waals surface area contributed by atoms with E-state index in [1.54, 1.807) is 12.4 Å². The highest BCUT2D eigenvalue weighted by Gasteiger charge is 2.49. The zero-order valence-corrected chi connectivity index (χ0v) is 28.9. The van der Waals surface area contributed by atoms with E-state index in [0.29, 0.717) is 67.3 Å². The third-order valence-corrected chi connectivity index (χ3v) is 9.94. The molecule has 4 aliphatic heterocycles. The highest BCUT2D eigenvalue weighted by Crippen LogP contribution is 2.36. The second-order valence-corrected chi connectivity index (χ2v) is 13.6. The van der Waals surface area contributed by atoms with E-state index in [1.165, 1.54) is 25.7 Å². The van der Waals surface area contributed by atoms with E-state index in [9.17, 15) is 22.8 Å². The van der Waals surface area contributed by atoms with Crippen molar-refractivity contribution in [3.8, 4) is 0 Å². The van der Waals surface area contributed by atoms with Crippen LogP contribution in [-0.4, -0.2) is 108 Å². The van der Waals surface area contributed by atoms with Crippen LogP contribution < -0.4 is 15.1 Å².